The minimum atomic E-state index is 0.727. The van der Waals surface area contributed by atoms with Crippen LogP contribution in [-0.2, 0) is 7.05 Å². The zero-order valence-electron chi connectivity index (χ0n) is 15.2. The van der Waals surface area contributed by atoms with Crippen molar-refractivity contribution in [1.82, 2.24) is 24.7 Å². The number of fused-ring (bicyclic) bond motifs is 2. The molecule has 5 aromatic rings. The van der Waals surface area contributed by atoms with Crippen LogP contribution in [0.5, 0.6) is 5.75 Å². The van der Waals surface area contributed by atoms with E-state index in [-0.39, 0.29) is 0 Å². The molecule has 0 spiro atoms. The van der Waals surface area contributed by atoms with E-state index < -0.39 is 0 Å². The van der Waals surface area contributed by atoms with Crippen LogP contribution in [0.2, 0.25) is 0 Å². The summed E-state index contributed by atoms with van der Waals surface area (Å²) in [5.41, 5.74) is 6.54. The molecule has 3 heterocycles. The number of aryl methyl sites for hydroxylation is 1. The van der Waals surface area contributed by atoms with Gasteiger partial charge in [-0.05, 0) is 30.3 Å². The average molecular weight is 388 g/mol. The third-order valence-electron chi connectivity index (χ3n) is 4.57. The predicted molar refractivity (Wildman–Crippen MR) is 111 cm³/mol. The smallest absolute Gasteiger partial charge is 0.141 e. The molecule has 138 valence electrons. The molecule has 0 radical (unpaired) electrons. The van der Waals surface area contributed by atoms with Crippen molar-refractivity contribution in [2.45, 2.75) is 0 Å². The van der Waals surface area contributed by atoms with E-state index in [9.17, 15) is 0 Å². The van der Waals surface area contributed by atoms with Crippen LogP contribution < -0.4 is 10.1 Å². The second kappa shape index (κ2) is 6.58. The van der Waals surface area contributed by atoms with Gasteiger partial charge in [-0.3, -0.25) is 4.68 Å². The lowest BCUT2D eigenvalue weighted by atomic mass is 10.1. The summed E-state index contributed by atoms with van der Waals surface area (Å²) in [7, 11) is 3.55. The Morgan fingerprint density at radius 2 is 2.00 bits per heavy atom. The summed E-state index contributed by atoms with van der Waals surface area (Å²) in [6, 6.07) is 10.0. The van der Waals surface area contributed by atoms with Gasteiger partial charge in [0.05, 0.1) is 34.6 Å². The number of rotatable bonds is 4. The molecule has 5 rings (SSSR count). The van der Waals surface area contributed by atoms with Gasteiger partial charge in [0.25, 0.3) is 0 Å². The summed E-state index contributed by atoms with van der Waals surface area (Å²) in [5, 5.41) is 8.54. The van der Waals surface area contributed by atoms with Crippen LogP contribution in [0.3, 0.4) is 0 Å². The Labute approximate surface area is 164 Å². The molecule has 28 heavy (non-hydrogen) atoms. The molecule has 0 fully saturated rings. The summed E-state index contributed by atoms with van der Waals surface area (Å²) < 4.78 is 8.53. The molecular formula is C20H16N6OS. The van der Waals surface area contributed by atoms with E-state index in [4.69, 9.17) is 4.74 Å². The maximum atomic E-state index is 5.64. The van der Waals surface area contributed by atoms with Gasteiger partial charge in [0.1, 0.15) is 17.9 Å². The third kappa shape index (κ3) is 2.84. The van der Waals surface area contributed by atoms with Gasteiger partial charge in [-0.2, -0.15) is 5.10 Å². The van der Waals surface area contributed by atoms with E-state index in [1.54, 1.807) is 29.5 Å². The van der Waals surface area contributed by atoms with Crippen LogP contribution in [0.4, 0.5) is 11.5 Å². The number of nitrogens with zero attached hydrogens (tertiary/aromatic N) is 5. The Kier molecular flexibility index (Phi) is 3.91. The van der Waals surface area contributed by atoms with Gasteiger partial charge in [-0.15, -0.1) is 11.3 Å². The summed E-state index contributed by atoms with van der Waals surface area (Å²) in [6.45, 7) is 0. The second-order valence-electron chi connectivity index (χ2n) is 6.35. The van der Waals surface area contributed by atoms with Crippen molar-refractivity contribution in [2.75, 3.05) is 12.4 Å². The summed E-state index contributed by atoms with van der Waals surface area (Å²) in [4.78, 5) is 13.2. The van der Waals surface area contributed by atoms with Crippen LogP contribution in [0.25, 0.3) is 32.2 Å². The number of anilines is 2. The Morgan fingerprint density at radius 1 is 1.07 bits per heavy atom. The number of ether oxygens (including phenoxy) is 1. The molecule has 0 bridgehead atoms. The van der Waals surface area contributed by atoms with Gasteiger partial charge in [0, 0.05) is 35.4 Å². The first kappa shape index (κ1) is 16.6. The van der Waals surface area contributed by atoms with Gasteiger partial charge in [0.2, 0.25) is 0 Å². The lowest BCUT2D eigenvalue weighted by Gasteiger charge is -2.12. The highest BCUT2D eigenvalue weighted by molar-refractivity contribution is 7.16. The van der Waals surface area contributed by atoms with Crippen molar-refractivity contribution < 1.29 is 4.74 Å². The largest absolute Gasteiger partial charge is 0.496 e. The number of hydrogen-bond donors (Lipinski definition) is 1. The van der Waals surface area contributed by atoms with Crippen molar-refractivity contribution in [3.63, 3.8) is 0 Å². The van der Waals surface area contributed by atoms with E-state index in [0.717, 1.165) is 49.5 Å². The van der Waals surface area contributed by atoms with Gasteiger partial charge in [-0.25, -0.2) is 15.0 Å². The van der Waals surface area contributed by atoms with E-state index >= 15 is 0 Å². The molecular weight excluding hydrogens is 372 g/mol. The molecule has 0 atom stereocenters. The standard InChI is InChI=1S/C20H16N6OS/c1-26-9-12(8-24-26)14-6-17-15(7-18(14)27-2)20(22-10-21-17)25-13-3-4-16-19(5-13)28-11-23-16/h3-11H,1-2H3,(H,21,22,25). The van der Waals surface area contributed by atoms with Crippen molar-refractivity contribution in [3.8, 4) is 16.9 Å². The first-order valence-corrected chi connectivity index (χ1v) is 9.51. The zero-order valence-corrected chi connectivity index (χ0v) is 16.1. The lowest BCUT2D eigenvalue weighted by molar-refractivity contribution is 0.417. The molecule has 2 aromatic carbocycles. The number of benzene rings is 2. The van der Waals surface area contributed by atoms with E-state index in [2.05, 4.69) is 31.4 Å². The first-order valence-electron chi connectivity index (χ1n) is 8.63. The average Bonchev–Trinajstić information content (AvgIpc) is 3.35. The first-order chi connectivity index (χ1) is 13.7. The number of methoxy groups -OCH3 is 1. The van der Waals surface area contributed by atoms with E-state index in [1.165, 1.54) is 0 Å². The monoisotopic (exact) mass is 388 g/mol. The Bertz CT molecular complexity index is 1310. The van der Waals surface area contributed by atoms with Crippen LogP contribution in [0, 0.1) is 0 Å². The number of hydrogen-bond acceptors (Lipinski definition) is 7. The highest BCUT2D eigenvalue weighted by atomic mass is 32.1. The van der Waals surface area contributed by atoms with Crippen molar-refractivity contribution >= 4 is 44.0 Å². The molecule has 8 heteroatoms. The molecule has 0 amide bonds. The minimum Gasteiger partial charge on any atom is -0.496 e. The number of thiazole rings is 1. The molecule has 0 unspecified atom stereocenters. The number of nitrogens with one attached hydrogen (secondary N) is 1. The fourth-order valence-electron chi connectivity index (χ4n) is 3.21. The highest BCUT2D eigenvalue weighted by Gasteiger charge is 2.13. The van der Waals surface area contributed by atoms with Gasteiger partial charge < -0.3 is 10.1 Å². The fourth-order valence-corrected chi connectivity index (χ4v) is 3.92. The maximum absolute atomic E-state index is 5.64. The minimum absolute atomic E-state index is 0.727. The third-order valence-corrected chi connectivity index (χ3v) is 5.36. The lowest BCUT2D eigenvalue weighted by Crippen LogP contribution is -1.97. The van der Waals surface area contributed by atoms with Gasteiger partial charge in [0.15, 0.2) is 0 Å². The molecule has 0 aliphatic carbocycles. The summed E-state index contributed by atoms with van der Waals surface area (Å²) >= 11 is 1.61. The molecule has 0 aliphatic rings. The second-order valence-corrected chi connectivity index (χ2v) is 7.24. The molecule has 3 aromatic heterocycles. The normalized spacial score (nSPS) is 11.2. The SMILES string of the molecule is COc1cc2c(Nc3ccc4ncsc4c3)ncnc2cc1-c1cnn(C)c1. The maximum Gasteiger partial charge on any atom is 0.141 e. The number of aromatic nitrogens is 5. The summed E-state index contributed by atoms with van der Waals surface area (Å²) in [6.07, 6.45) is 5.33. The van der Waals surface area contributed by atoms with Crippen LogP contribution in [0.15, 0.2) is 54.6 Å². The van der Waals surface area contributed by atoms with Crippen molar-refractivity contribution in [2.24, 2.45) is 7.05 Å². The molecule has 0 saturated heterocycles. The van der Waals surface area contributed by atoms with Crippen LogP contribution in [0.1, 0.15) is 0 Å². The van der Waals surface area contributed by atoms with Gasteiger partial charge >= 0.3 is 0 Å². The molecule has 7 nitrogen and oxygen atoms in total. The van der Waals surface area contributed by atoms with Crippen molar-refractivity contribution in [3.05, 3.63) is 54.6 Å². The quantitative estimate of drug-likeness (QED) is 0.492. The Hall–Kier alpha value is -3.52. The Morgan fingerprint density at radius 3 is 2.82 bits per heavy atom. The summed E-state index contributed by atoms with van der Waals surface area (Å²) in [5.74, 6) is 1.47. The molecule has 0 saturated carbocycles. The van der Waals surface area contributed by atoms with E-state index in [0.29, 0.717) is 0 Å². The zero-order chi connectivity index (χ0) is 19.1. The fraction of sp³-hybridized carbons (Fsp3) is 0.100. The highest BCUT2D eigenvalue weighted by Crippen LogP contribution is 2.36. The van der Waals surface area contributed by atoms with Crippen LogP contribution >= 0.6 is 11.3 Å². The topological polar surface area (TPSA) is 77.8 Å². The van der Waals surface area contributed by atoms with Gasteiger partial charge in [-0.1, -0.05) is 0 Å². The molecule has 0 aliphatic heterocycles. The van der Waals surface area contributed by atoms with E-state index in [1.807, 2.05) is 49.2 Å². The Balaban J connectivity index is 1.61. The van der Waals surface area contributed by atoms with Crippen LogP contribution in [-0.4, -0.2) is 31.8 Å². The predicted octanol–water partition coefficient (Wildman–Crippen LogP) is 4.39. The molecule has 1 N–H and O–H groups in total. The van der Waals surface area contributed by atoms with Crippen molar-refractivity contribution in [1.29, 1.82) is 0 Å².